The number of imidazole rings is 1. The molecule has 0 radical (unpaired) electrons. The monoisotopic (exact) mass is 483 g/mol. The van der Waals surface area contributed by atoms with Gasteiger partial charge < -0.3 is 24.4 Å². The zero-order valence-electron chi connectivity index (χ0n) is 20.2. The van der Waals surface area contributed by atoms with Crippen LogP contribution in [0.4, 0.5) is 4.79 Å². The average Bonchev–Trinajstić information content (AvgIpc) is 3.47. The first-order valence-electron chi connectivity index (χ1n) is 12.6. The molecular formula is C25H33N5O5. The van der Waals surface area contributed by atoms with E-state index < -0.39 is 0 Å². The lowest BCUT2D eigenvalue weighted by Gasteiger charge is -2.36. The third-order valence-corrected chi connectivity index (χ3v) is 7.95. The number of nitrogens with one attached hydrogen (secondary N) is 1. The predicted octanol–water partition coefficient (Wildman–Crippen LogP) is 1.65. The highest BCUT2D eigenvalue weighted by atomic mass is 16.6. The number of piperazine rings is 1. The number of aryl methyl sites for hydroxylation is 1. The Hall–Kier alpha value is -3.30. The van der Waals surface area contributed by atoms with Crippen LogP contribution < -0.4 is 5.69 Å². The molecule has 5 rings (SSSR count). The van der Waals surface area contributed by atoms with E-state index in [0.29, 0.717) is 52.4 Å². The maximum Gasteiger partial charge on any atom is 0.409 e. The molecule has 35 heavy (non-hydrogen) atoms. The number of nitrogens with zero attached hydrogens (tertiary/aromatic N) is 4. The lowest BCUT2D eigenvalue weighted by molar-refractivity contribution is -0.136. The topological polar surface area (TPSA) is 108 Å². The van der Waals surface area contributed by atoms with E-state index in [1.54, 1.807) is 16.4 Å². The molecule has 2 aromatic rings. The van der Waals surface area contributed by atoms with E-state index in [2.05, 4.69) is 4.98 Å². The fourth-order valence-electron chi connectivity index (χ4n) is 5.69. The Labute approximate surface area is 203 Å². The second-order valence-electron chi connectivity index (χ2n) is 9.86. The van der Waals surface area contributed by atoms with Crippen LogP contribution in [0.1, 0.15) is 32.6 Å². The van der Waals surface area contributed by atoms with Crippen molar-refractivity contribution in [2.24, 2.45) is 11.3 Å². The van der Waals surface area contributed by atoms with Gasteiger partial charge in [-0.05, 0) is 43.7 Å². The summed E-state index contributed by atoms with van der Waals surface area (Å²) in [5, 5.41) is 0. The highest BCUT2D eigenvalue weighted by Crippen LogP contribution is 2.60. The van der Waals surface area contributed by atoms with Gasteiger partial charge >= 0.3 is 11.8 Å². The molecule has 1 N–H and O–H groups in total. The van der Waals surface area contributed by atoms with Crippen molar-refractivity contribution in [2.45, 2.75) is 39.2 Å². The highest BCUT2D eigenvalue weighted by Gasteiger charge is 2.59. The Bertz CT molecular complexity index is 1170. The van der Waals surface area contributed by atoms with Crippen molar-refractivity contribution >= 4 is 28.9 Å². The number of H-pyrrole nitrogens is 1. The number of fused-ring (bicyclic) bond motifs is 1. The Morgan fingerprint density at radius 1 is 1.00 bits per heavy atom. The second kappa shape index (κ2) is 9.39. The number of likely N-dealkylation sites (tertiary alicyclic amines) is 1. The van der Waals surface area contributed by atoms with Gasteiger partial charge in [-0.15, -0.1) is 0 Å². The minimum absolute atomic E-state index is 0.0138. The molecule has 3 aliphatic rings. The van der Waals surface area contributed by atoms with Gasteiger partial charge in [-0.3, -0.25) is 14.2 Å². The van der Waals surface area contributed by atoms with E-state index in [-0.39, 0.29) is 41.4 Å². The summed E-state index contributed by atoms with van der Waals surface area (Å²) in [4.78, 5) is 58.3. The molecule has 1 aliphatic carbocycles. The average molecular weight is 484 g/mol. The smallest absolute Gasteiger partial charge is 0.409 e. The van der Waals surface area contributed by atoms with E-state index in [0.717, 1.165) is 30.3 Å². The fourth-order valence-corrected chi connectivity index (χ4v) is 5.69. The number of piperidine rings is 1. The van der Waals surface area contributed by atoms with Crippen molar-refractivity contribution in [3.8, 4) is 0 Å². The number of para-hydroxylation sites is 2. The number of carbonyl (C=O) groups is 3. The number of rotatable bonds is 5. The van der Waals surface area contributed by atoms with Crippen molar-refractivity contribution in [3.63, 3.8) is 0 Å². The van der Waals surface area contributed by atoms with Crippen molar-refractivity contribution in [3.05, 3.63) is 34.7 Å². The van der Waals surface area contributed by atoms with Crippen molar-refractivity contribution < 1.29 is 19.1 Å². The normalized spacial score (nSPS) is 21.4. The number of hydrogen-bond acceptors (Lipinski definition) is 5. The molecule has 3 amide bonds. The molecule has 1 atom stereocenters. The molecule has 0 bridgehead atoms. The molecule has 10 nitrogen and oxygen atoms in total. The minimum atomic E-state index is -0.311. The van der Waals surface area contributed by atoms with Crippen LogP contribution in [0, 0.1) is 11.3 Å². The van der Waals surface area contributed by atoms with Gasteiger partial charge in [0.15, 0.2) is 0 Å². The standard InChI is InChI=1S/C25H33N5O5/c1-2-35-24(34)29-15-13-28(14-16-29)22(32)18-17-25(18)8-11-27(12-9-25)21(31)7-10-30-20-6-4-3-5-19(20)26-23(30)33/h3-6,18H,2,7-17H2,1H3,(H,26,33). The third-order valence-electron chi connectivity index (χ3n) is 7.95. The van der Waals surface area contributed by atoms with Gasteiger partial charge in [-0.2, -0.15) is 0 Å². The maximum absolute atomic E-state index is 13.1. The van der Waals surface area contributed by atoms with Crippen LogP contribution in [0.15, 0.2) is 29.1 Å². The van der Waals surface area contributed by atoms with Crippen molar-refractivity contribution in [1.82, 2.24) is 24.3 Å². The Balaban J connectivity index is 1.09. The van der Waals surface area contributed by atoms with Crippen molar-refractivity contribution in [2.75, 3.05) is 45.9 Å². The number of aromatic nitrogens is 2. The first-order chi connectivity index (χ1) is 16.9. The van der Waals surface area contributed by atoms with Gasteiger partial charge in [0.1, 0.15) is 0 Å². The van der Waals surface area contributed by atoms with Crippen LogP contribution in [0.25, 0.3) is 11.0 Å². The molecule has 1 saturated carbocycles. The molecule has 1 spiro atoms. The second-order valence-corrected chi connectivity index (χ2v) is 9.86. The van der Waals surface area contributed by atoms with Gasteiger partial charge in [0.2, 0.25) is 11.8 Å². The maximum atomic E-state index is 13.1. The largest absolute Gasteiger partial charge is 0.450 e. The Morgan fingerprint density at radius 3 is 2.40 bits per heavy atom. The Kier molecular flexibility index (Phi) is 6.29. The van der Waals surface area contributed by atoms with Crippen LogP contribution in [0.5, 0.6) is 0 Å². The van der Waals surface area contributed by atoms with E-state index in [1.807, 2.05) is 34.1 Å². The van der Waals surface area contributed by atoms with E-state index in [9.17, 15) is 19.2 Å². The van der Waals surface area contributed by atoms with Crippen LogP contribution in [0.3, 0.4) is 0 Å². The number of amides is 3. The number of hydrogen-bond donors (Lipinski definition) is 1. The summed E-state index contributed by atoms with van der Waals surface area (Å²) in [5.74, 6) is 0.265. The quantitative estimate of drug-likeness (QED) is 0.696. The zero-order valence-corrected chi connectivity index (χ0v) is 20.2. The molecule has 1 aromatic carbocycles. The van der Waals surface area contributed by atoms with Crippen LogP contribution in [0.2, 0.25) is 0 Å². The summed E-state index contributed by atoms with van der Waals surface area (Å²) in [5.41, 5.74) is 1.40. The summed E-state index contributed by atoms with van der Waals surface area (Å²) < 4.78 is 6.67. The van der Waals surface area contributed by atoms with Crippen LogP contribution in [-0.2, 0) is 20.9 Å². The first-order valence-corrected chi connectivity index (χ1v) is 12.6. The molecular weight excluding hydrogens is 450 g/mol. The van der Waals surface area contributed by atoms with E-state index >= 15 is 0 Å². The van der Waals surface area contributed by atoms with Gasteiger partial charge in [-0.1, -0.05) is 12.1 Å². The molecule has 2 saturated heterocycles. The number of benzene rings is 1. The van der Waals surface area contributed by atoms with E-state index in [4.69, 9.17) is 4.74 Å². The van der Waals surface area contributed by atoms with E-state index in [1.165, 1.54) is 0 Å². The molecule has 10 heteroatoms. The molecule has 3 fully saturated rings. The number of carbonyl (C=O) groups excluding carboxylic acids is 3. The van der Waals surface area contributed by atoms with Crippen molar-refractivity contribution in [1.29, 1.82) is 0 Å². The number of aromatic amines is 1. The third kappa shape index (κ3) is 4.53. The Morgan fingerprint density at radius 2 is 1.69 bits per heavy atom. The summed E-state index contributed by atoms with van der Waals surface area (Å²) in [7, 11) is 0. The summed E-state index contributed by atoms with van der Waals surface area (Å²) in [6.07, 6.45) is 2.53. The first kappa shape index (κ1) is 23.4. The summed E-state index contributed by atoms with van der Waals surface area (Å²) in [6.45, 7) is 5.90. The molecule has 3 heterocycles. The summed E-state index contributed by atoms with van der Waals surface area (Å²) in [6, 6.07) is 7.48. The summed E-state index contributed by atoms with van der Waals surface area (Å²) >= 11 is 0. The zero-order chi connectivity index (χ0) is 24.6. The minimum Gasteiger partial charge on any atom is -0.450 e. The number of ether oxygens (including phenoxy) is 1. The SMILES string of the molecule is CCOC(=O)N1CCN(C(=O)C2CC23CCN(C(=O)CCn2c(=O)[nH]c4ccccc42)CC3)CC1. The molecule has 1 aromatic heterocycles. The fraction of sp³-hybridized carbons (Fsp3) is 0.600. The predicted molar refractivity (Wildman–Crippen MR) is 129 cm³/mol. The van der Waals surface area contributed by atoms with Gasteiger partial charge in [0, 0.05) is 58.2 Å². The molecule has 188 valence electrons. The van der Waals surface area contributed by atoms with Crippen LogP contribution in [-0.4, -0.2) is 88.0 Å². The highest BCUT2D eigenvalue weighted by molar-refractivity contribution is 5.83. The van der Waals surface area contributed by atoms with Gasteiger partial charge in [-0.25, -0.2) is 9.59 Å². The lowest BCUT2D eigenvalue weighted by atomic mass is 9.90. The van der Waals surface area contributed by atoms with Gasteiger partial charge in [0.25, 0.3) is 0 Å². The lowest BCUT2D eigenvalue weighted by Crippen LogP contribution is -2.51. The molecule has 1 unspecified atom stereocenters. The molecule has 2 aliphatic heterocycles. The van der Waals surface area contributed by atoms with Crippen LogP contribution >= 0.6 is 0 Å². The van der Waals surface area contributed by atoms with Gasteiger partial charge in [0.05, 0.1) is 17.6 Å².